The van der Waals surface area contributed by atoms with Gasteiger partial charge < -0.3 is 10.2 Å². The van der Waals surface area contributed by atoms with Crippen LogP contribution < -0.4 is 10.2 Å². The van der Waals surface area contributed by atoms with Crippen LogP contribution in [0.5, 0.6) is 0 Å². The molecule has 0 unspecified atom stereocenters. The van der Waals surface area contributed by atoms with Gasteiger partial charge in [-0.15, -0.1) is 9.89 Å². The predicted octanol–water partition coefficient (Wildman–Crippen LogP) is 5.67. The standard InChI is InChI=1S/C31H33N7O4S/c1-6-37(7-2)24-17-15-22(16-18-24)32-26-27(31(3,4)5)35-38-29(26)34-28(36-38)20-11-13-23(14-12-20)33-30(39)21-9-8-10-25(19-21)43(40,41)42/h8-19H,6-7H2,1-5H3,(H,33,39)(H,40,41,42). The highest BCUT2D eigenvalue weighted by atomic mass is 32.2. The first-order valence-electron chi connectivity index (χ1n) is 13.9. The minimum Gasteiger partial charge on any atom is -0.372 e. The third-order valence-electron chi connectivity index (χ3n) is 6.95. The van der Waals surface area contributed by atoms with Crippen molar-refractivity contribution in [3.05, 3.63) is 84.2 Å². The number of aliphatic imine (C=N–C) groups is 1. The Hall–Kier alpha value is -4.68. The Bertz CT molecular complexity index is 1830. The molecule has 5 rings (SSSR count). The Morgan fingerprint density at radius 2 is 1.67 bits per heavy atom. The first kappa shape index (κ1) is 29.8. The van der Waals surface area contributed by atoms with E-state index in [-0.39, 0.29) is 15.9 Å². The second-order valence-electron chi connectivity index (χ2n) is 11.0. The molecule has 1 amide bonds. The second kappa shape index (κ2) is 11.5. The van der Waals surface area contributed by atoms with Gasteiger partial charge in [0.15, 0.2) is 5.82 Å². The summed E-state index contributed by atoms with van der Waals surface area (Å²) in [6.07, 6.45) is 0. The molecule has 0 saturated heterocycles. The molecule has 12 heteroatoms. The van der Waals surface area contributed by atoms with E-state index in [4.69, 9.17) is 15.1 Å². The van der Waals surface area contributed by atoms with Crippen LogP contribution in [0.3, 0.4) is 0 Å². The third-order valence-corrected chi connectivity index (χ3v) is 7.80. The number of carbonyl (C=O) groups excluding carboxylic acids is 1. The van der Waals surface area contributed by atoms with E-state index in [0.717, 1.165) is 36.2 Å². The van der Waals surface area contributed by atoms with Gasteiger partial charge in [0.2, 0.25) is 5.82 Å². The third kappa shape index (κ3) is 6.40. The van der Waals surface area contributed by atoms with E-state index in [1.165, 1.54) is 23.0 Å². The van der Waals surface area contributed by atoms with Crippen molar-refractivity contribution >= 4 is 44.5 Å². The molecule has 0 bridgehead atoms. The molecule has 11 nitrogen and oxygen atoms in total. The zero-order valence-corrected chi connectivity index (χ0v) is 25.4. The molecule has 0 aliphatic carbocycles. The van der Waals surface area contributed by atoms with E-state index < -0.39 is 16.0 Å². The largest absolute Gasteiger partial charge is 0.372 e. The lowest BCUT2D eigenvalue weighted by Crippen LogP contribution is -2.27. The van der Waals surface area contributed by atoms with E-state index in [1.807, 2.05) is 12.1 Å². The molecule has 0 spiro atoms. The van der Waals surface area contributed by atoms with Crippen molar-refractivity contribution < 1.29 is 17.8 Å². The van der Waals surface area contributed by atoms with E-state index in [1.54, 1.807) is 24.3 Å². The van der Waals surface area contributed by atoms with E-state index in [2.05, 4.69) is 62.1 Å². The fourth-order valence-electron chi connectivity index (χ4n) is 4.66. The quantitative estimate of drug-likeness (QED) is 0.248. The number of fused-ring (bicyclic) bond motifs is 1. The summed E-state index contributed by atoms with van der Waals surface area (Å²) in [5, 5.41) is 12.1. The lowest BCUT2D eigenvalue weighted by molar-refractivity contribution is 0.102. The number of nitrogens with one attached hydrogen (secondary N) is 1. The fourth-order valence-corrected chi connectivity index (χ4v) is 5.19. The molecule has 1 aliphatic heterocycles. The van der Waals surface area contributed by atoms with Gasteiger partial charge in [-0.2, -0.15) is 13.5 Å². The number of hydrogen-bond donors (Lipinski definition) is 2. The maximum Gasteiger partial charge on any atom is 0.294 e. The van der Waals surface area contributed by atoms with Crippen LogP contribution in [-0.2, 0) is 10.1 Å². The lowest BCUT2D eigenvalue weighted by atomic mass is 9.87. The molecule has 1 aromatic heterocycles. The minimum absolute atomic E-state index is 0.0911. The van der Waals surface area contributed by atoms with Gasteiger partial charge in [-0.25, -0.2) is 9.98 Å². The summed E-state index contributed by atoms with van der Waals surface area (Å²) in [4.78, 5) is 25.8. The Balaban J connectivity index is 1.39. The maximum absolute atomic E-state index is 12.7. The summed E-state index contributed by atoms with van der Waals surface area (Å²) in [5.41, 5.74) is 4.39. The SMILES string of the molecule is CCN(CC)c1ccc(N=C2C(C(C)(C)C)=Nn3nc(-c4ccc(NC(=O)c5cccc(S(=O)(=O)O)c5)cc4)nc32)cc1. The van der Waals surface area contributed by atoms with Gasteiger partial charge in [-0.1, -0.05) is 26.8 Å². The summed E-state index contributed by atoms with van der Waals surface area (Å²) in [5.74, 6) is 0.478. The van der Waals surface area contributed by atoms with Gasteiger partial charge >= 0.3 is 0 Å². The molecule has 2 heterocycles. The van der Waals surface area contributed by atoms with Crippen LogP contribution in [0.15, 0.2) is 87.8 Å². The summed E-state index contributed by atoms with van der Waals surface area (Å²) >= 11 is 0. The van der Waals surface area contributed by atoms with Crippen LogP contribution >= 0.6 is 0 Å². The number of hydrogen-bond acceptors (Lipinski definition) is 8. The number of aromatic nitrogens is 3. The Morgan fingerprint density at radius 3 is 2.28 bits per heavy atom. The molecule has 3 aromatic carbocycles. The number of anilines is 2. The van der Waals surface area contributed by atoms with Crippen molar-refractivity contribution in [2.24, 2.45) is 15.5 Å². The van der Waals surface area contributed by atoms with Crippen LogP contribution in [0, 0.1) is 5.41 Å². The highest BCUT2D eigenvalue weighted by molar-refractivity contribution is 7.85. The highest BCUT2D eigenvalue weighted by Gasteiger charge is 2.35. The average Bonchev–Trinajstić information content (AvgIpc) is 3.54. The van der Waals surface area contributed by atoms with Gasteiger partial charge in [-0.05, 0) is 80.6 Å². The minimum atomic E-state index is -4.42. The Kier molecular flexibility index (Phi) is 8.00. The molecule has 222 valence electrons. The highest BCUT2D eigenvalue weighted by Crippen LogP contribution is 2.29. The van der Waals surface area contributed by atoms with Crippen LogP contribution in [0.4, 0.5) is 17.1 Å². The fraction of sp³-hybridized carbons (Fsp3) is 0.258. The lowest BCUT2D eigenvalue weighted by Gasteiger charge is -2.21. The first-order valence-corrected chi connectivity index (χ1v) is 15.3. The maximum atomic E-state index is 12.7. The smallest absolute Gasteiger partial charge is 0.294 e. The predicted molar refractivity (Wildman–Crippen MR) is 168 cm³/mol. The Morgan fingerprint density at radius 1 is 1.00 bits per heavy atom. The van der Waals surface area contributed by atoms with Crippen LogP contribution in [-0.4, -0.2) is 58.3 Å². The average molecular weight is 600 g/mol. The van der Waals surface area contributed by atoms with Gasteiger partial charge in [0.05, 0.1) is 16.3 Å². The molecular weight excluding hydrogens is 566 g/mol. The van der Waals surface area contributed by atoms with Crippen LogP contribution in [0.2, 0.25) is 0 Å². The molecule has 0 radical (unpaired) electrons. The molecule has 2 N–H and O–H groups in total. The summed E-state index contributed by atoms with van der Waals surface area (Å²) in [6, 6.07) is 20.2. The van der Waals surface area contributed by atoms with Crippen LogP contribution in [0.25, 0.3) is 11.4 Å². The normalized spacial score (nSPS) is 14.0. The second-order valence-corrected chi connectivity index (χ2v) is 12.5. The molecule has 0 atom stereocenters. The molecule has 0 saturated carbocycles. The van der Waals surface area contributed by atoms with Crippen molar-refractivity contribution in [2.45, 2.75) is 39.5 Å². The van der Waals surface area contributed by atoms with Crippen LogP contribution in [0.1, 0.15) is 50.8 Å². The van der Waals surface area contributed by atoms with Gasteiger partial charge in [-0.3, -0.25) is 9.35 Å². The summed E-state index contributed by atoms with van der Waals surface area (Å²) in [6.45, 7) is 12.3. The number of amides is 1. The van der Waals surface area contributed by atoms with E-state index in [0.29, 0.717) is 28.6 Å². The van der Waals surface area contributed by atoms with Crippen molar-refractivity contribution in [2.75, 3.05) is 23.3 Å². The zero-order valence-electron chi connectivity index (χ0n) is 24.6. The molecule has 0 fully saturated rings. The van der Waals surface area contributed by atoms with Crippen molar-refractivity contribution in [1.82, 2.24) is 14.9 Å². The van der Waals surface area contributed by atoms with Crippen molar-refractivity contribution in [3.8, 4) is 11.4 Å². The summed E-state index contributed by atoms with van der Waals surface area (Å²) < 4.78 is 32.1. The number of benzene rings is 3. The van der Waals surface area contributed by atoms with Crippen molar-refractivity contribution in [1.29, 1.82) is 0 Å². The zero-order chi connectivity index (χ0) is 30.9. The molecular formula is C31H33N7O4S. The van der Waals surface area contributed by atoms with E-state index in [9.17, 15) is 17.8 Å². The van der Waals surface area contributed by atoms with E-state index >= 15 is 0 Å². The topological polar surface area (TPSA) is 142 Å². The van der Waals surface area contributed by atoms with Gasteiger partial charge in [0, 0.05) is 41.0 Å². The molecule has 4 aromatic rings. The van der Waals surface area contributed by atoms with Gasteiger partial charge in [0.1, 0.15) is 5.71 Å². The van der Waals surface area contributed by atoms with Gasteiger partial charge in [0.25, 0.3) is 16.0 Å². The summed E-state index contributed by atoms with van der Waals surface area (Å²) in [7, 11) is -4.42. The number of nitrogens with zero attached hydrogens (tertiary/aromatic N) is 6. The Labute approximate surface area is 250 Å². The molecule has 1 aliphatic rings. The van der Waals surface area contributed by atoms with Crippen molar-refractivity contribution in [3.63, 3.8) is 0 Å². The number of carbonyl (C=O) groups is 1. The monoisotopic (exact) mass is 599 g/mol. The number of rotatable bonds is 8. The first-order chi connectivity index (χ1) is 20.4. The molecule has 43 heavy (non-hydrogen) atoms.